The molecule has 11 nitrogen and oxygen atoms in total. The van der Waals surface area contributed by atoms with Crippen LogP contribution in [0.5, 0.6) is 0 Å². The molecule has 0 atom stereocenters. The van der Waals surface area contributed by atoms with E-state index >= 15 is 0 Å². The van der Waals surface area contributed by atoms with Gasteiger partial charge >= 0.3 is 23.9 Å². The van der Waals surface area contributed by atoms with Gasteiger partial charge in [0.05, 0.1) is 0 Å². The average Bonchev–Trinajstić information content (AvgIpc) is 2.78. The summed E-state index contributed by atoms with van der Waals surface area (Å²) < 4.78 is 1.10. The fourth-order valence-corrected chi connectivity index (χ4v) is 2.46. The molecule has 2 aromatic carbocycles. The summed E-state index contributed by atoms with van der Waals surface area (Å²) in [7, 11) is 0. The van der Waals surface area contributed by atoms with E-state index in [1.54, 1.807) is 0 Å². The first-order valence-electron chi connectivity index (χ1n) is 9.46. The Labute approximate surface area is 198 Å². The zero-order chi connectivity index (χ0) is 25.2. The molecule has 2 rings (SSSR count). The molecule has 0 radical (unpaired) electrons. The van der Waals surface area contributed by atoms with Crippen molar-refractivity contribution in [1.82, 2.24) is 5.32 Å². The maximum absolute atomic E-state index is 9.10. The summed E-state index contributed by atoms with van der Waals surface area (Å²) in [4.78, 5) is 38.8. The molecule has 0 spiro atoms. The van der Waals surface area contributed by atoms with Crippen molar-refractivity contribution in [1.29, 1.82) is 0 Å². The standard InChI is InChI=1S/C17H22BrN3.2C2H2O4/c18-16-6-8-17(9-7-16)21(13-12-20-11-10-19)14-15-4-2-1-3-5-15;2*3-1(4)2(5)6/h1-9,20H,10-14,19H2;2*(H,3,4)(H,5,6). The van der Waals surface area contributed by atoms with Crippen LogP contribution in [0.1, 0.15) is 5.56 Å². The van der Waals surface area contributed by atoms with E-state index in [9.17, 15) is 0 Å². The van der Waals surface area contributed by atoms with Crippen LogP contribution in [-0.2, 0) is 25.7 Å². The molecule has 0 aliphatic rings. The minimum atomic E-state index is -1.82. The van der Waals surface area contributed by atoms with Crippen LogP contribution in [0.3, 0.4) is 0 Å². The van der Waals surface area contributed by atoms with Crippen LogP contribution in [0, 0.1) is 0 Å². The molecule has 180 valence electrons. The van der Waals surface area contributed by atoms with Gasteiger partial charge in [-0.15, -0.1) is 0 Å². The van der Waals surface area contributed by atoms with E-state index in [2.05, 4.69) is 80.7 Å². The van der Waals surface area contributed by atoms with E-state index < -0.39 is 23.9 Å². The number of hydrogen-bond acceptors (Lipinski definition) is 7. The van der Waals surface area contributed by atoms with Gasteiger partial charge in [0.25, 0.3) is 0 Å². The number of benzene rings is 2. The van der Waals surface area contributed by atoms with E-state index in [1.165, 1.54) is 11.3 Å². The largest absolute Gasteiger partial charge is 0.473 e. The Morgan fingerprint density at radius 3 is 1.70 bits per heavy atom. The molecule has 0 bridgehead atoms. The molecule has 0 unspecified atom stereocenters. The number of carboxylic acid groups (broad SMARTS) is 4. The molecule has 0 amide bonds. The van der Waals surface area contributed by atoms with E-state index in [0.717, 1.165) is 30.7 Å². The van der Waals surface area contributed by atoms with Gasteiger partial charge in [0.1, 0.15) is 0 Å². The second kappa shape index (κ2) is 17.1. The van der Waals surface area contributed by atoms with Gasteiger partial charge in [0.15, 0.2) is 0 Å². The van der Waals surface area contributed by atoms with E-state index in [4.69, 9.17) is 45.3 Å². The summed E-state index contributed by atoms with van der Waals surface area (Å²) in [6.07, 6.45) is 0. The van der Waals surface area contributed by atoms with Crippen molar-refractivity contribution in [2.75, 3.05) is 31.1 Å². The maximum atomic E-state index is 9.10. The summed E-state index contributed by atoms with van der Waals surface area (Å²) in [6.45, 7) is 4.33. The number of nitrogens with zero attached hydrogens (tertiary/aromatic N) is 1. The fraction of sp³-hybridized carbons (Fsp3) is 0.238. The van der Waals surface area contributed by atoms with Gasteiger partial charge in [-0.25, -0.2) is 19.2 Å². The fourth-order valence-electron chi connectivity index (χ4n) is 2.20. The number of halogens is 1. The summed E-state index contributed by atoms with van der Waals surface area (Å²) in [5.41, 5.74) is 8.07. The first-order valence-corrected chi connectivity index (χ1v) is 10.2. The van der Waals surface area contributed by atoms with E-state index in [0.29, 0.717) is 6.54 Å². The van der Waals surface area contributed by atoms with Crippen molar-refractivity contribution in [3.05, 3.63) is 64.6 Å². The predicted octanol–water partition coefficient (Wildman–Crippen LogP) is 1.32. The molecule has 0 aliphatic heterocycles. The lowest BCUT2D eigenvalue weighted by Crippen LogP contribution is -2.33. The third-order valence-electron chi connectivity index (χ3n) is 3.65. The van der Waals surface area contributed by atoms with Gasteiger partial charge in [-0.05, 0) is 29.8 Å². The van der Waals surface area contributed by atoms with Gasteiger partial charge in [-0.3, -0.25) is 0 Å². The molecule has 33 heavy (non-hydrogen) atoms. The summed E-state index contributed by atoms with van der Waals surface area (Å²) in [5, 5.41) is 32.9. The molecule has 0 saturated heterocycles. The van der Waals surface area contributed by atoms with Crippen LogP contribution in [-0.4, -0.2) is 70.5 Å². The molecule has 0 saturated carbocycles. The number of aliphatic carboxylic acids is 4. The van der Waals surface area contributed by atoms with Crippen LogP contribution >= 0.6 is 15.9 Å². The molecule has 12 heteroatoms. The Balaban J connectivity index is 0.000000705. The SMILES string of the molecule is NCCNCCN(Cc1ccccc1)c1ccc(Br)cc1.O=C(O)C(=O)O.O=C(O)C(=O)O. The lowest BCUT2D eigenvalue weighted by molar-refractivity contribution is -0.159. The van der Waals surface area contributed by atoms with Gasteiger partial charge in [-0.1, -0.05) is 46.3 Å². The Kier molecular flexibility index (Phi) is 15.3. The van der Waals surface area contributed by atoms with Gasteiger partial charge in [-0.2, -0.15) is 0 Å². The number of nitrogens with one attached hydrogen (secondary N) is 1. The minimum Gasteiger partial charge on any atom is -0.473 e. The van der Waals surface area contributed by atoms with Crippen LogP contribution in [0.25, 0.3) is 0 Å². The van der Waals surface area contributed by atoms with Gasteiger partial charge in [0, 0.05) is 42.9 Å². The zero-order valence-electron chi connectivity index (χ0n) is 17.6. The quantitative estimate of drug-likeness (QED) is 0.214. The highest BCUT2D eigenvalue weighted by atomic mass is 79.9. The number of nitrogens with two attached hydrogens (primary N) is 1. The molecule has 0 fully saturated rings. The molecular formula is C21H26BrN3O8. The number of anilines is 1. The zero-order valence-corrected chi connectivity index (χ0v) is 19.1. The second-order valence-electron chi connectivity index (χ2n) is 6.14. The monoisotopic (exact) mass is 527 g/mol. The Morgan fingerprint density at radius 1 is 0.788 bits per heavy atom. The number of carbonyl (C=O) groups is 4. The lowest BCUT2D eigenvalue weighted by Gasteiger charge is -2.25. The van der Waals surface area contributed by atoms with Crippen molar-refractivity contribution in [2.24, 2.45) is 5.73 Å². The predicted molar refractivity (Wildman–Crippen MR) is 124 cm³/mol. The van der Waals surface area contributed by atoms with Crippen LogP contribution in [0.2, 0.25) is 0 Å². The third kappa shape index (κ3) is 15.0. The molecule has 0 aromatic heterocycles. The van der Waals surface area contributed by atoms with Crippen LogP contribution in [0.15, 0.2) is 59.1 Å². The molecule has 0 aliphatic carbocycles. The highest BCUT2D eigenvalue weighted by Gasteiger charge is 2.07. The Morgan fingerprint density at radius 2 is 1.27 bits per heavy atom. The summed E-state index contributed by atoms with van der Waals surface area (Å²) >= 11 is 3.49. The normalized spacial score (nSPS) is 9.39. The van der Waals surface area contributed by atoms with Crippen molar-refractivity contribution in [2.45, 2.75) is 6.54 Å². The van der Waals surface area contributed by atoms with Gasteiger partial charge in [0.2, 0.25) is 0 Å². The van der Waals surface area contributed by atoms with Crippen molar-refractivity contribution in [3.63, 3.8) is 0 Å². The Hall–Kier alpha value is -3.48. The average molecular weight is 528 g/mol. The van der Waals surface area contributed by atoms with E-state index in [-0.39, 0.29) is 0 Å². The van der Waals surface area contributed by atoms with E-state index in [1.807, 2.05) is 0 Å². The lowest BCUT2D eigenvalue weighted by atomic mass is 10.2. The molecular weight excluding hydrogens is 502 g/mol. The van der Waals surface area contributed by atoms with Crippen molar-refractivity contribution < 1.29 is 39.6 Å². The molecule has 0 heterocycles. The third-order valence-corrected chi connectivity index (χ3v) is 4.18. The second-order valence-corrected chi connectivity index (χ2v) is 7.06. The van der Waals surface area contributed by atoms with Crippen LogP contribution < -0.4 is 16.0 Å². The minimum absolute atomic E-state index is 0.678. The first kappa shape index (κ1) is 29.5. The number of hydrogen-bond donors (Lipinski definition) is 6. The summed E-state index contributed by atoms with van der Waals surface area (Å²) in [6, 6.07) is 19.0. The van der Waals surface area contributed by atoms with Crippen molar-refractivity contribution >= 4 is 45.5 Å². The highest BCUT2D eigenvalue weighted by molar-refractivity contribution is 9.10. The smallest absolute Gasteiger partial charge is 0.414 e. The maximum Gasteiger partial charge on any atom is 0.414 e. The number of carboxylic acids is 4. The van der Waals surface area contributed by atoms with Gasteiger partial charge < -0.3 is 36.4 Å². The highest BCUT2D eigenvalue weighted by Crippen LogP contribution is 2.20. The first-order chi connectivity index (χ1) is 15.6. The topological polar surface area (TPSA) is 190 Å². The number of rotatable bonds is 8. The summed E-state index contributed by atoms with van der Waals surface area (Å²) in [5.74, 6) is -7.30. The Bertz CT molecular complexity index is 831. The van der Waals surface area contributed by atoms with Crippen LogP contribution in [0.4, 0.5) is 5.69 Å². The molecule has 2 aromatic rings. The molecule has 7 N–H and O–H groups in total. The van der Waals surface area contributed by atoms with Crippen molar-refractivity contribution in [3.8, 4) is 0 Å².